The zero-order valence-electron chi connectivity index (χ0n) is 19.3. The molecule has 6 heteroatoms. The van der Waals surface area contributed by atoms with Crippen molar-refractivity contribution < 1.29 is 14.3 Å². The van der Waals surface area contributed by atoms with Crippen molar-refractivity contribution in [2.75, 3.05) is 25.0 Å². The van der Waals surface area contributed by atoms with Crippen molar-refractivity contribution in [3.63, 3.8) is 0 Å². The van der Waals surface area contributed by atoms with Gasteiger partial charge in [0, 0.05) is 24.3 Å². The summed E-state index contributed by atoms with van der Waals surface area (Å²) in [4.78, 5) is 30.1. The number of ether oxygens (including phenoxy) is 1. The molecule has 0 unspecified atom stereocenters. The number of carbonyl (C=O) groups excluding carboxylic acids is 2. The Bertz CT molecular complexity index is 1170. The van der Waals surface area contributed by atoms with Gasteiger partial charge in [-0.3, -0.25) is 9.59 Å². The molecule has 5 rings (SSSR count). The largest absolute Gasteiger partial charge is 0.483 e. The second kappa shape index (κ2) is 9.59. The fraction of sp³-hybridized carbons (Fsp3) is 0.286. The molecular formula is C28H29N3O3. The van der Waals surface area contributed by atoms with Crippen LogP contribution in [0, 0.1) is 0 Å². The summed E-state index contributed by atoms with van der Waals surface area (Å²) in [6, 6.07) is 25.0. The third-order valence-electron chi connectivity index (χ3n) is 6.69. The number of para-hydroxylation sites is 2. The van der Waals surface area contributed by atoms with Gasteiger partial charge in [0.05, 0.1) is 11.6 Å². The van der Waals surface area contributed by atoms with Gasteiger partial charge in [0.25, 0.3) is 11.8 Å². The van der Waals surface area contributed by atoms with Gasteiger partial charge in [0.1, 0.15) is 11.9 Å². The number of fused-ring (bicyclic) bond motifs is 1. The summed E-state index contributed by atoms with van der Waals surface area (Å²) in [5.74, 6) is 0.559. The second-order valence-electron chi connectivity index (χ2n) is 8.81. The minimum Gasteiger partial charge on any atom is -0.483 e. The number of hydrogen-bond acceptors (Lipinski definition) is 4. The van der Waals surface area contributed by atoms with Crippen molar-refractivity contribution in [1.29, 1.82) is 0 Å². The van der Waals surface area contributed by atoms with E-state index in [1.54, 1.807) is 0 Å². The fourth-order valence-corrected chi connectivity index (χ4v) is 4.82. The molecule has 0 spiro atoms. The van der Waals surface area contributed by atoms with Gasteiger partial charge in [-0.1, -0.05) is 60.7 Å². The average molecular weight is 456 g/mol. The van der Waals surface area contributed by atoms with Crippen LogP contribution < -0.4 is 10.1 Å². The van der Waals surface area contributed by atoms with E-state index in [9.17, 15) is 9.59 Å². The SMILES string of the molecule is C[C@@H](c1ccccc1)N1C(=O)c2ccccc2N[C@H]1c1ccccc1OCC(=O)N1CCCC1. The van der Waals surface area contributed by atoms with E-state index in [-0.39, 0.29) is 24.5 Å². The van der Waals surface area contributed by atoms with Crippen LogP contribution in [-0.2, 0) is 4.79 Å². The predicted octanol–water partition coefficient (Wildman–Crippen LogP) is 5.02. The molecule has 174 valence electrons. The monoisotopic (exact) mass is 455 g/mol. The maximum atomic E-state index is 13.8. The third-order valence-corrected chi connectivity index (χ3v) is 6.69. The van der Waals surface area contributed by atoms with Crippen LogP contribution in [0.25, 0.3) is 0 Å². The van der Waals surface area contributed by atoms with Crippen molar-refractivity contribution in [1.82, 2.24) is 9.80 Å². The quantitative estimate of drug-likeness (QED) is 0.567. The van der Waals surface area contributed by atoms with Gasteiger partial charge in [-0.05, 0) is 43.5 Å². The number of anilines is 1. The first-order chi connectivity index (χ1) is 16.6. The molecule has 3 aromatic carbocycles. The molecule has 6 nitrogen and oxygen atoms in total. The number of benzene rings is 3. The van der Waals surface area contributed by atoms with Crippen LogP contribution in [0.4, 0.5) is 5.69 Å². The highest BCUT2D eigenvalue weighted by atomic mass is 16.5. The van der Waals surface area contributed by atoms with E-state index in [1.165, 1.54) is 0 Å². The summed E-state index contributed by atoms with van der Waals surface area (Å²) in [5, 5.41) is 3.56. The molecule has 0 aromatic heterocycles. The Hall–Kier alpha value is -3.80. The van der Waals surface area contributed by atoms with E-state index in [0.717, 1.165) is 42.7 Å². The number of hydrogen-bond donors (Lipinski definition) is 1. The summed E-state index contributed by atoms with van der Waals surface area (Å²) in [6.07, 6.45) is 1.64. The molecule has 2 aliphatic rings. The lowest BCUT2D eigenvalue weighted by atomic mass is 9.98. The van der Waals surface area contributed by atoms with Crippen LogP contribution in [0.15, 0.2) is 78.9 Å². The lowest BCUT2D eigenvalue weighted by molar-refractivity contribution is -0.132. The molecule has 3 aromatic rings. The number of rotatable bonds is 6. The summed E-state index contributed by atoms with van der Waals surface area (Å²) in [5.41, 5.74) is 3.30. The zero-order chi connectivity index (χ0) is 23.5. The number of amides is 2. The molecule has 1 fully saturated rings. The molecule has 1 saturated heterocycles. The normalized spacial score (nSPS) is 18.3. The van der Waals surface area contributed by atoms with Crippen molar-refractivity contribution in [2.45, 2.75) is 32.0 Å². The average Bonchev–Trinajstić information content (AvgIpc) is 3.43. The van der Waals surface area contributed by atoms with Crippen LogP contribution in [0.5, 0.6) is 5.75 Å². The van der Waals surface area contributed by atoms with E-state index in [1.807, 2.05) is 95.6 Å². The Kier molecular flexibility index (Phi) is 6.21. The maximum Gasteiger partial charge on any atom is 0.260 e. The highest BCUT2D eigenvalue weighted by molar-refractivity contribution is 6.02. The molecule has 0 aliphatic carbocycles. The topological polar surface area (TPSA) is 61.9 Å². The third kappa shape index (κ3) is 4.23. The van der Waals surface area contributed by atoms with E-state index < -0.39 is 6.17 Å². The van der Waals surface area contributed by atoms with Crippen LogP contribution >= 0.6 is 0 Å². The Morgan fingerprint density at radius 1 is 0.971 bits per heavy atom. The molecule has 0 saturated carbocycles. The summed E-state index contributed by atoms with van der Waals surface area (Å²) in [7, 11) is 0. The number of nitrogens with zero attached hydrogens (tertiary/aromatic N) is 2. The lowest BCUT2D eigenvalue weighted by Gasteiger charge is -2.42. The molecule has 2 atom stereocenters. The molecule has 0 radical (unpaired) electrons. The highest BCUT2D eigenvalue weighted by Crippen LogP contribution is 2.41. The van der Waals surface area contributed by atoms with Gasteiger partial charge >= 0.3 is 0 Å². The van der Waals surface area contributed by atoms with Crippen LogP contribution in [0.3, 0.4) is 0 Å². The van der Waals surface area contributed by atoms with E-state index in [0.29, 0.717) is 11.3 Å². The van der Waals surface area contributed by atoms with Gasteiger partial charge < -0.3 is 19.9 Å². The number of carbonyl (C=O) groups is 2. The Balaban J connectivity index is 1.49. The van der Waals surface area contributed by atoms with E-state index in [4.69, 9.17) is 4.74 Å². The predicted molar refractivity (Wildman–Crippen MR) is 132 cm³/mol. The molecule has 34 heavy (non-hydrogen) atoms. The Morgan fingerprint density at radius 3 is 2.44 bits per heavy atom. The smallest absolute Gasteiger partial charge is 0.260 e. The molecular weight excluding hydrogens is 426 g/mol. The lowest BCUT2D eigenvalue weighted by Crippen LogP contribution is -2.44. The van der Waals surface area contributed by atoms with Gasteiger partial charge in [-0.2, -0.15) is 0 Å². The first kappa shape index (κ1) is 22.0. The molecule has 2 amide bonds. The Labute approximate surface area is 200 Å². The van der Waals surface area contributed by atoms with E-state index >= 15 is 0 Å². The summed E-state index contributed by atoms with van der Waals surface area (Å²) >= 11 is 0. The number of likely N-dealkylation sites (tertiary alicyclic amines) is 1. The summed E-state index contributed by atoms with van der Waals surface area (Å²) < 4.78 is 6.05. The minimum absolute atomic E-state index is 0.000150. The molecule has 1 N–H and O–H groups in total. The first-order valence-electron chi connectivity index (χ1n) is 11.9. The zero-order valence-corrected chi connectivity index (χ0v) is 19.3. The van der Waals surface area contributed by atoms with Crippen molar-refractivity contribution in [2.24, 2.45) is 0 Å². The van der Waals surface area contributed by atoms with Crippen LogP contribution in [0.1, 0.15) is 53.5 Å². The fourth-order valence-electron chi connectivity index (χ4n) is 4.82. The highest BCUT2D eigenvalue weighted by Gasteiger charge is 2.37. The van der Waals surface area contributed by atoms with Crippen LogP contribution in [0.2, 0.25) is 0 Å². The maximum absolute atomic E-state index is 13.8. The van der Waals surface area contributed by atoms with Crippen molar-refractivity contribution in [3.05, 3.63) is 95.6 Å². The molecule has 0 bridgehead atoms. The van der Waals surface area contributed by atoms with Crippen LogP contribution in [-0.4, -0.2) is 41.3 Å². The van der Waals surface area contributed by atoms with E-state index in [2.05, 4.69) is 5.32 Å². The van der Waals surface area contributed by atoms with Crippen molar-refractivity contribution in [3.8, 4) is 5.75 Å². The Morgan fingerprint density at radius 2 is 1.65 bits per heavy atom. The molecule has 2 aliphatic heterocycles. The summed E-state index contributed by atoms with van der Waals surface area (Å²) in [6.45, 7) is 3.61. The minimum atomic E-state index is -0.448. The standard InChI is InChI=1S/C28H29N3O3/c1-20(21-11-3-2-4-12-21)31-27(29-24-15-7-5-13-22(24)28(31)33)23-14-6-8-16-25(23)34-19-26(32)30-17-9-10-18-30/h2-8,11-16,20,27,29H,9-10,17-19H2,1H3/t20-,27+/m0/s1. The number of nitrogens with one attached hydrogen (secondary N) is 1. The van der Waals surface area contributed by atoms with Gasteiger partial charge in [0.2, 0.25) is 0 Å². The van der Waals surface area contributed by atoms with Gasteiger partial charge in [0.15, 0.2) is 6.61 Å². The van der Waals surface area contributed by atoms with Gasteiger partial charge in [-0.15, -0.1) is 0 Å². The molecule has 2 heterocycles. The van der Waals surface area contributed by atoms with Crippen molar-refractivity contribution >= 4 is 17.5 Å². The first-order valence-corrected chi connectivity index (χ1v) is 11.9. The second-order valence-corrected chi connectivity index (χ2v) is 8.81. The van der Waals surface area contributed by atoms with Gasteiger partial charge in [-0.25, -0.2) is 0 Å².